The molecule has 2 aliphatic rings. The van der Waals surface area contributed by atoms with E-state index in [9.17, 15) is 10.1 Å². The van der Waals surface area contributed by atoms with Crippen LogP contribution in [-0.4, -0.2) is 50.9 Å². The number of ether oxygens (including phenoxy) is 1. The molecule has 9 heteroatoms. The van der Waals surface area contributed by atoms with Gasteiger partial charge in [-0.05, 0) is 67.0 Å². The molecule has 37 heavy (non-hydrogen) atoms. The SMILES string of the molecule is CN=CC(=CN)c1ccnc(CN2CC3(CCC[C@](C)(Cn4cnc5ccc(C#N)cc54)C3)OC2=O)c1. The fourth-order valence-electron chi connectivity index (χ4n) is 5.92. The molecule has 2 aromatic heterocycles. The third kappa shape index (κ3) is 4.92. The molecule has 5 rings (SSSR count). The molecule has 1 unspecified atom stereocenters. The fourth-order valence-corrected chi connectivity index (χ4v) is 5.92. The number of hydrogen-bond acceptors (Lipinski definition) is 7. The van der Waals surface area contributed by atoms with Gasteiger partial charge in [-0.3, -0.25) is 14.9 Å². The second kappa shape index (κ2) is 9.69. The molecule has 3 aromatic rings. The Balaban J connectivity index is 1.32. The van der Waals surface area contributed by atoms with Gasteiger partial charge in [-0.2, -0.15) is 5.26 Å². The van der Waals surface area contributed by atoms with E-state index in [0.29, 0.717) is 18.7 Å². The van der Waals surface area contributed by atoms with E-state index >= 15 is 0 Å². The van der Waals surface area contributed by atoms with Gasteiger partial charge in [0.05, 0.1) is 47.8 Å². The molecule has 190 valence electrons. The van der Waals surface area contributed by atoms with Crippen molar-refractivity contribution < 1.29 is 9.53 Å². The smallest absolute Gasteiger partial charge is 0.410 e. The minimum absolute atomic E-state index is 0.0801. The molecule has 0 bridgehead atoms. The summed E-state index contributed by atoms with van der Waals surface area (Å²) in [7, 11) is 1.70. The summed E-state index contributed by atoms with van der Waals surface area (Å²) >= 11 is 0. The van der Waals surface area contributed by atoms with Crippen molar-refractivity contribution in [1.82, 2.24) is 19.4 Å². The highest BCUT2D eigenvalue weighted by Crippen LogP contribution is 2.47. The number of rotatable bonds is 6. The second-order valence-corrected chi connectivity index (χ2v) is 10.5. The molecule has 1 saturated heterocycles. The molecular weight excluding hydrogens is 466 g/mol. The normalized spacial score (nSPS) is 24.2. The highest BCUT2D eigenvalue weighted by atomic mass is 16.6. The number of allylic oxidation sites excluding steroid dienone is 1. The van der Waals surface area contributed by atoms with Gasteiger partial charge in [0.25, 0.3) is 0 Å². The number of imidazole rings is 1. The lowest BCUT2D eigenvalue weighted by atomic mass is 9.68. The van der Waals surface area contributed by atoms with Crippen molar-refractivity contribution in [2.45, 2.75) is 51.3 Å². The van der Waals surface area contributed by atoms with Crippen LogP contribution < -0.4 is 5.73 Å². The van der Waals surface area contributed by atoms with Gasteiger partial charge in [0, 0.05) is 37.8 Å². The van der Waals surface area contributed by atoms with Crippen molar-refractivity contribution in [3.8, 4) is 6.07 Å². The summed E-state index contributed by atoms with van der Waals surface area (Å²) in [5, 5.41) is 9.32. The maximum atomic E-state index is 13.0. The van der Waals surface area contributed by atoms with Crippen molar-refractivity contribution >= 4 is 28.9 Å². The number of nitrogens with zero attached hydrogens (tertiary/aromatic N) is 6. The van der Waals surface area contributed by atoms with Crippen LogP contribution in [0, 0.1) is 16.7 Å². The van der Waals surface area contributed by atoms with Crippen LogP contribution in [0.2, 0.25) is 0 Å². The number of fused-ring (bicyclic) bond motifs is 1. The average molecular weight is 498 g/mol. The Labute approximate surface area is 216 Å². The van der Waals surface area contributed by atoms with E-state index < -0.39 is 5.60 Å². The molecule has 1 aromatic carbocycles. The van der Waals surface area contributed by atoms with E-state index in [1.165, 1.54) is 6.20 Å². The quantitative estimate of drug-likeness (QED) is 0.507. The van der Waals surface area contributed by atoms with Crippen molar-refractivity contribution in [2.24, 2.45) is 16.1 Å². The minimum Gasteiger partial charge on any atom is -0.441 e. The third-order valence-electron chi connectivity index (χ3n) is 7.46. The van der Waals surface area contributed by atoms with E-state index in [1.807, 2.05) is 30.6 Å². The molecule has 1 spiro atoms. The molecule has 1 amide bonds. The molecule has 0 radical (unpaired) electrons. The van der Waals surface area contributed by atoms with Crippen molar-refractivity contribution in [3.63, 3.8) is 0 Å². The lowest BCUT2D eigenvalue weighted by Crippen LogP contribution is -2.44. The summed E-state index contributed by atoms with van der Waals surface area (Å²) in [4.78, 5) is 27.8. The number of carbonyl (C=O) groups excluding carboxylic acids is 1. The maximum absolute atomic E-state index is 13.0. The minimum atomic E-state index is -0.521. The number of hydrogen-bond donors (Lipinski definition) is 1. The van der Waals surface area contributed by atoms with Crippen LogP contribution in [-0.2, 0) is 17.8 Å². The number of benzene rings is 1. The first kappa shape index (κ1) is 24.5. The molecule has 1 saturated carbocycles. The summed E-state index contributed by atoms with van der Waals surface area (Å²) in [6.07, 6.45) is 10.1. The van der Waals surface area contributed by atoms with Gasteiger partial charge in [0.2, 0.25) is 0 Å². The summed E-state index contributed by atoms with van der Waals surface area (Å²) in [6, 6.07) is 11.6. The number of pyridine rings is 1. The van der Waals surface area contributed by atoms with Crippen molar-refractivity contribution in [1.29, 1.82) is 5.26 Å². The highest BCUT2D eigenvalue weighted by Gasteiger charge is 2.51. The summed E-state index contributed by atoms with van der Waals surface area (Å²) in [6.45, 7) is 3.90. The predicted molar refractivity (Wildman–Crippen MR) is 141 cm³/mol. The van der Waals surface area contributed by atoms with Crippen LogP contribution in [0.15, 0.2) is 54.0 Å². The third-order valence-corrected chi connectivity index (χ3v) is 7.46. The van der Waals surface area contributed by atoms with Gasteiger partial charge >= 0.3 is 6.09 Å². The maximum Gasteiger partial charge on any atom is 0.410 e. The van der Waals surface area contributed by atoms with Gasteiger partial charge < -0.3 is 15.0 Å². The lowest BCUT2D eigenvalue weighted by Gasteiger charge is -2.43. The van der Waals surface area contributed by atoms with E-state index in [4.69, 9.17) is 10.5 Å². The first-order valence-electron chi connectivity index (χ1n) is 12.5. The Hall–Kier alpha value is -4.19. The monoisotopic (exact) mass is 497 g/mol. The van der Waals surface area contributed by atoms with Gasteiger partial charge in [-0.1, -0.05) is 6.92 Å². The van der Waals surface area contributed by atoms with E-state index in [0.717, 1.165) is 60.1 Å². The molecule has 2 fully saturated rings. The number of carbonyl (C=O) groups is 1. The van der Waals surface area contributed by atoms with E-state index in [1.54, 1.807) is 30.4 Å². The molecule has 2 atom stereocenters. The molecule has 3 heterocycles. The van der Waals surface area contributed by atoms with Crippen molar-refractivity contribution in [2.75, 3.05) is 13.6 Å². The van der Waals surface area contributed by atoms with Crippen LogP contribution in [0.3, 0.4) is 0 Å². The van der Waals surface area contributed by atoms with Crippen molar-refractivity contribution in [3.05, 3.63) is 65.9 Å². The van der Waals surface area contributed by atoms with Gasteiger partial charge in [-0.15, -0.1) is 0 Å². The second-order valence-electron chi connectivity index (χ2n) is 10.5. The number of nitrogens with two attached hydrogens (primary N) is 1. The number of nitriles is 1. The molecule has 2 N–H and O–H groups in total. The zero-order chi connectivity index (χ0) is 26.0. The summed E-state index contributed by atoms with van der Waals surface area (Å²) in [5.41, 5.74) is 10.1. The molecular formula is C28H31N7O2. The fraction of sp³-hybridized carbons (Fsp3) is 0.393. The van der Waals surface area contributed by atoms with Crippen LogP contribution in [0.1, 0.15) is 49.4 Å². The number of aliphatic imine (C=N–C) groups is 1. The zero-order valence-electron chi connectivity index (χ0n) is 21.2. The van der Waals surface area contributed by atoms with Crippen LogP contribution in [0.4, 0.5) is 4.79 Å². The van der Waals surface area contributed by atoms with Gasteiger partial charge in [0.1, 0.15) is 5.60 Å². The Kier molecular flexibility index (Phi) is 6.42. The Bertz CT molecular complexity index is 1440. The Morgan fingerprint density at radius 3 is 2.95 bits per heavy atom. The Morgan fingerprint density at radius 2 is 2.16 bits per heavy atom. The topological polar surface area (TPSA) is 122 Å². The average Bonchev–Trinajstić information content (AvgIpc) is 3.41. The van der Waals surface area contributed by atoms with Gasteiger partial charge in [-0.25, -0.2) is 9.78 Å². The van der Waals surface area contributed by atoms with E-state index in [-0.39, 0.29) is 11.5 Å². The predicted octanol–water partition coefficient (Wildman–Crippen LogP) is 4.27. The van der Waals surface area contributed by atoms with Crippen LogP contribution in [0.5, 0.6) is 0 Å². The Morgan fingerprint density at radius 1 is 1.30 bits per heavy atom. The van der Waals surface area contributed by atoms with Crippen LogP contribution in [0.25, 0.3) is 16.6 Å². The largest absolute Gasteiger partial charge is 0.441 e. The van der Waals surface area contributed by atoms with Gasteiger partial charge in [0.15, 0.2) is 0 Å². The standard InChI is InChI=1S/C28H31N7O2/c1-27(17-35-19-33-24-5-4-20(12-29)10-25(24)35)7-3-8-28(16-27)18-34(26(36)37-28)15-23-11-21(6-9-32-23)22(13-30)14-31-2/h4-6,9-11,13-14,19H,3,7-8,15-18,30H2,1-2H3/t27-,28?/m0/s1. The highest BCUT2D eigenvalue weighted by molar-refractivity contribution is 6.09. The summed E-state index contributed by atoms with van der Waals surface area (Å²) < 4.78 is 8.22. The van der Waals surface area contributed by atoms with Crippen LogP contribution >= 0.6 is 0 Å². The lowest BCUT2D eigenvalue weighted by molar-refractivity contribution is -0.0270. The first-order chi connectivity index (χ1) is 17.9. The summed E-state index contributed by atoms with van der Waals surface area (Å²) in [5.74, 6) is 0. The number of aromatic nitrogens is 3. The zero-order valence-corrected chi connectivity index (χ0v) is 21.2. The first-order valence-corrected chi connectivity index (χ1v) is 12.5. The number of amides is 1. The molecule has 1 aliphatic heterocycles. The molecule has 1 aliphatic carbocycles. The van der Waals surface area contributed by atoms with E-state index in [2.05, 4.69) is 32.5 Å². The molecule has 9 nitrogen and oxygen atoms in total.